The Hall–Kier alpha value is -5.16. The lowest BCUT2D eigenvalue weighted by atomic mass is 10.1. The molecule has 0 bridgehead atoms. The minimum Gasteiger partial charge on any atom is -0.369 e. The third-order valence-corrected chi connectivity index (χ3v) is 11.7. The molecule has 22 nitrogen and oxygen atoms in total. The first-order valence-corrected chi connectivity index (χ1v) is 21.6. The van der Waals surface area contributed by atoms with E-state index in [0.29, 0.717) is 0 Å². The van der Waals surface area contributed by atoms with Gasteiger partial charge in [-0.1, -0.05) is 36.4 Å². The van der Waals surface area contributed by atoms with E-state index in [4.69, 9.17) is 23.6 Å². The van der Waals surface area contributed by atoms with E-state index < -0.39 is 60.1 Å². The Bertz CT molecular complexity index is 2680. The van der Waals surface area contributed by atoms with Gasteiger partial charge in [-0.15, -0.1) is 19.5 Å². The van der Waals surface area contributed by atoms with Crippen molar-refractivity contribution in [2.45, 2.75) is 19.6 Å². The van der Waals surface area contributed by atoms with Crippen LogP contribution in [0, 0.1) is 0 Å². The Morgan fingerprint density at radius 1 is 0.536 bits per heavy atom. The van der Waals surface area contributed by atoms with Gasteiger partial charge in [0.15, 0.2) is 11.7 Å². The monoisotopic (exact) mass is 892 g/mol. The Balaban J connectivity index is 1.16. The highest BCUT2D eigenvalue weighted by Gasteiger charge is 2.26. The number of hydrogen-bond acceptors (Lipinski definition) is 18. The number of nitrogens with one attached hydrogen (secondary N) is 6. The van der Waals surface area contributed by atoms with Crippen LogP contribution in [0.25, 0.3) is 21.5 Å². The molecule has 6 rings (SSSR count). The fourth-order valence-electron chi connectivity index (χ4n) is 5.61. The second-order valence-electron chi connectivity index (χ2n) is 11.4. The molecule has 0 radical (unpaired) electrons. The van der Waals surface area contributed by atoms with Crippen molar-refractivity contribution in [1.29, 1.82) is 0 Å². The number of anilines is 2. The third-order valence-electron chi connectivity index (χ3n) is 7.68. The van der Waals surface area contributed by atoms with E-state index in [1.54, 1.807) is 0 Å². The van der Waals surface area contributed by atoms with Crippen LogP contribution in [-0.2, 0) is 40.5 Å². The number of halogens is 2. The standard InChI is InChI=1S/C28H26Cl2N10O12S4/c29-39-35-23(13-25(37-39)33-19-9-7-15-17(27(19)55(47,48)49)3-1-5-21(15)53(41,42)43)31-11-12-32-24-14-26(38-40(30)36-24)34-20-10-8-16-18(28(20)56(50,51)52)4-2-6-22(16)54(44,45)46/h1-10,13-14,31-32,35-36H,11-12H2,(H,33,37)(H,34,38)(H,41,42,43)(H,44,45,46)(H,47,48,49)(H,50,51,52). The van der Waals surface area contributed by atoms with Gasteiger partial charge in [0.1, 0.15) is 31.2 Å². The first-order chi connectivity index (χ1) is 26.1. The summed E-state index contributed by atoms with van der Waals surface area (Å²) in [6, 6.07) is 11.8. The van der Waals surface area contributed by atoms with Crippen LogP contribution in [0.4, 0.5) is 11.4 Å². The number of hydrazone groups is 2. The van der Waals surface area contributed by atoms with Gasteiger partial charge >= 0.3 is 0 Å². The predicted molar refractivity (Wildman–Crippen MR) is 203 cm³/mol. The van der Waals surface area contributed by atoms with Gasteiger partial charge in [0.05, 0.1) is 34.9 Å². The van der Waals surface area contributed by atoms with E-state index in [9.17, 15) is 51.9 Å². The normalized spacial score (nSPS) is 15.2. The fraction of sp³-hybridized carbons (Fsp3) is 0.0714. The molecule has 0 aliphatic carbocycles. The van der Waals surface area contributed by atoms with Crippen molar-refractivity contribution in [2.75, 3.05) is 23.7 Å². The maximum absolute atomic E-state index is 12.5. The highest BCUT2D eigenvalue weighted by molar-refractivity contribution is 7.87. The molecule has 0 amide bonds. The van der Waals surface area contributed by atoms with E-state index in [2.05, 4.69) is 42.3 Å². The van der Waals surface area contributed by atoms with Crippen molar-refractivity contribution in [2.24, 2.45) is 10.2 Å². The lowest BCUT2D eigenvalue weighted by Crippen LogP contribution is -2.42. The van der Waals surface area contributed by atoms with Crippen molar-refractivity contribution in [3.8, 4) is 0 Å². The second-order valence-corrected chi connectivity index (χ2v) is 17.6. The van der Waals surface area contributed by atoms with Crippen LogP contribution in [0.2, 0.25) is 0 Å². The van der Waals surface area contributed by atoms with Gasteiger partial charge in [-0.05, 0) is 24.3 Å². The Labute approximate surface area is 327 Å². The van der Waals surface area contributed by atoms with Crippen LogP contribution in [0.3, 0.4) is 0 Å². The summed E-state index contributed by atoms with van der Waals surface area (Å²) in [4.78, 5) is -2.55. The van der Waals surface area contributed by atoms with Crippen LogP contribution >= 0.6 is 23.6 Å². The van der Waals surface area contributed by atoms with E-state index in [-0.39, 0.29) is 69.3 Å². The second kappa shape index (κ2) is 15.1. The zero-order valence-electron chi connectivity index (χ0n) is 27.6. The molecule has 28 heteroatoms. The molecule has 298 valence electrons. The first kappa shape index (κ1) is 40.5. The van der Waals surface area contributed by atoms with Crippen molar-refractivity contribution >= 4 is 109 Å². The van der Waals surface area contributed by atoms with Crippen molar-refractivity contribution in [3.63, 3.8) is 0 Å². The number of benzene rings is 4. The summed E-state index contributed by atoms with van der Waals surface area (Å²) >= 11 is 12.2. The largest absolute Gasteiger partial charge is 0.369 e. The number of fused-ring (bicyclic) bond motifs is 2. The van der Waals surface area contributed by atoms with Gasteiger partial charge in [-0.3, -0.25) is 29.1 Å². The summed E-state index contributed by atoms with van der Waals surface area (Å²) < 4.78 is 138. The van der Waals surface area contributed by atoms with Gasteiger partial charge in [0, 0.05) is 46.8 Å². The molecule has 0 atom stereocenters. The number of hydrazine groups is 2. The summed E-state index contributed by atoms with van der Waals surface area (Å²) in [5.41, 5.74) is 4.94. The Morgan fingerprint density at radius 3 is 1.25 bits per heavy atom. The smallest absolute Gasteiger partial charge is 0.297 e. The number of nitrogens with zero attached hydrogens (tertiary/aromatic N) is 4. The quantitative estimate of drug-likeness (QED) is 0.0584. The maximum Gasteiger partial charge on any atom is 0.297 e. The molecule has 4 aromatic carbocycles. The van der Waals surface area contributed by atoms with Crippen LogP contribution in [-0.4, -0.2) is 85.9 Å². The summed E-state index contributed by atoms with van der Waals surface area (Å²) in [7, 11) is -19.5. The molecule has 2 aliphatic heterocycles. The maximum atomic E-state index is 12.5. The highest BCUT2D eigenvalue weighted by atomic mass is 35.5. The van der Waals surface area contributed by atoms with Gasteiger partial charge < -0.3 is 21.3 Å². The number of rotatable bonds is 11. The molecule has 56 heavy (non-hydrogen) atoms. The van der Waals surface area contributed by atoms with Crippen LogP contribution in [0.5, 0.6) is 0 Å². The molecule has 0 saturated heterocycles. The molecule has 2 heterocycles. The third kappa shape index (κ3) is 8.94. The SMILES string of the molecule is O=S(=O)(O)c1cccc2c(S(=O)(=O)O)c(NC3=NN(Cl)NC(NCCNC4=CC(Nc5ccc6c(S(=O)(=O)O)cccc6c5S(=O)(=O)O)=NN(Cl)N4)=C3)ccc12. The van der Waals surface area contributed by atoms with E-state index in [1.165, 1.54) is 48.6 Å². The van der Waals surface area contributed by atoms with Gasteiger partial charge in [0.2, 0.25) is 0 Å². The van der Waals surface area contributed by atoms with Crippen LogP contribution < -0.4 is 32.1 Å². The summed E-state index contributed by atoms with van der Waals surface area (Å²) in [6.07, 6.45) is 2.77. The molecular formula is C28H26Cl2N10O12S4. The fourth-order valence-corrected chi connectivity index (χ4v) is 9.08. The Morgan fingerprint density at radius 2 is 0.911 bits per heavy atom. The molecule has 4 aromatic rings. The van der Waals surface area contributed by atoms with Crippen molar-refractivity contribution < 1.29 is 51.9 Å². The number of hydrogen-bond donors (Lipinski definition) is 10. The summed E-state index contributed by atoms with van der Waals surface area (Å²) in [5, 5.41) is 18.6. The lowest BCUT2D eigenvalue weighted by Gasteiger charge is -2.25. The minimum absolute atomic E-state index is 0.0436. The molecule has 0 saturated carbocycles. The summed E-state index contributed by atoms with van der Waals surface area (Å²) in [5.74, 6) is 0.388. The van der Waals surface area contributed by atoms with E-state index in [1.807, 2.05) is 0 Å². The minimum atomic E-state index is -4.98. The molecule has 0 fully saturated rings. The van der Waals surface area contributed by atoms with Gasteiger partial charge in [-0.25, -0.2) is 0 Å². The van der Waals surface area contributed by atoms with Crippen molar-refractivity contribution in [1.82, 2.24) is 30.8 Å². The topological polar surface area (TPSA) is 321 Å². The van der Waals surface area contributed by atoms with E-state index >= 15 is 0 Å². The average molecular weight is 894 g/mol. The molecule has 2 aliphatic rings. The highest BCUT2D eigenvalue weighted by Crippen LogP contribution is 2.35. The summed E-state index contributed by atoms with van der Waals surface area (Å²) in [6.45, 7) is 0.326. The molecule has 0 aromatic heterocycles. The van der Waals surface area contributed by atoms with Crippen molar-refractivity contribution in [3.05, 3.63) is 84.5 Å². The van der Waals surface area contributed by atoms with Gasteiger partial charge in [-0.2, -0.15) is 33.7 Å². The number of amidine groups is 2. The molecule has 10 N–H and O–H groups in total. The van der Waals surface area contributed by atoms with E-state index in [0.717, 1.165) is 33.5 Å². The molecule has 0 spiro atoms. The first-order valence-electron chi connectivity index (χ1n) is 15.2. The average Bonchev–Trinajstić information content (AvgIpc) is 3.07. The van der Waals surface area contributed by atoms with Crippen LogP contribution in [0.15, 0.2) is 114 Å². The molecule has 0 unspecified atom stereocenters. The van der Waals surface area contributed by atoms with Gasteiger partial charge in [0.25, 0.3) is 40.5 Å². The zero-order valence-corrected chi connectivity index (χ0v) is 32.4. The molecular weight excluding hydrogens is 868 g/mol. The lowest BCUT2D eigenvalue weighted by molar-refractivity contribution is 0.367. The van der Waals surface area contributed by atoms with Crippen LogP contribution in [0.1, 0.15) is 0 Å². The predicted octanol–water partition coefficient (Wildman–Crippen LogP) is 1.94. The zero-order chi connectivity index (χ0) is 40.8. The Kier molecular flexibility index (Phi) is 10.9.